The van der Waals surface area contributed by atoms with Crippen molar-refractivity contribution in [1.29, 1.82) is 0 Å². The van der Waals surface area contributed by atoms with Crippen LogP contribution < -0.4 is 15.6 Å². The van der Waals surface area contributed by atoms with Crippen molar-refractivity contribution in [2.75, 3.05) is 12.9 Å². The molecule has 3 rings (SSSR count). The Balaban J connectivity index is 1.60. The lowest BCUT2D eigenvalue weighted by Gasteiger charge is -2.12. The number of nitrogens with one attached hydrogen (secondary N) is 2. The topological polar surface area (TPSA) is 85.2 Å². The van der Waals surface area contributed by atoms with Gasteiger partial charge in [0, 0.05) is 17.4 Å². The molecule has 0 unspecified atom stereocenters. The number of hydrogen-bond donors (Lipinski definition) is 2. The molecular weight excluding hydrogens is 424 g/mol. The fraction of sp³-hybridized carbons (Fsp3) is 0.190. The van der Waals surface area contributed by atoms with E-state index in [-0.39, 0.29) is 17.2 Å². The number of carbonyl (C=O) groups is 2. The first-order valence-electron chi connectivity index (χ1n) is 9.05. The molecule has 156 valence electrons. The normalized spacial score (nSPS) is 10.5. The number of amides is 2. The van der Waals surface area contributed by atoms with E-state index in [1.807, 2.05) is 36.7 Å². The Hall–Kier alpha value is -2.97. The van der Waals surface area contributed by atoms with E-state index in [1.165, 1.54) is 24.9 Å². The van der Waals surface area contributed by atoms with Gasteiger partial charge in [0.25, 0.3) is 5.91 Å². The number of hydrazine groups is 1. The van der Waals surface area contributed by atoms with E-state index in [0.29, 0.717) is 15.9 Å². The molecular formula is C21H21ClN4O3S. The molecule has 0 aliphatic carbocycles. The minimum atomic E-state index is -0.524. The van der Waals surface area contributed by atoms with Crippen LogP contribution in [-0.2, 0) is 4.79 Å². The first-order chi connectivity index (χ1) is 14.4. The minimum Gasteiger partial charge on any atom is -0.496 e. The van der Waals surface area contributed by atoms with Gasteiger partial charge in [-0.2, -0.15) is 0 Å². The standard InChI is InChI=1S/C21H21ClN4O3S/c1-13-4-5-14(2)17(10-13)26-9-8-23-21(26)30-12-19(27)24-25-20(28)16-11-15(22)6-7-18(16)29-3/h4-11H,12H2,1-3H3,(H,24,27)(H,25,28). The van der Waals surface area contributed by atoms with E-state index in [1.54, 1.807) is 18.3 Å². The molecule has 1 aromatic heterocycles. The Morgan fingerprint density at radius 1 is 1.17 bits per heavy atom. The minimum absolute atomic E-state index is 0.0782. The number of aryl methyl sites for hydroxylation is 2. The Kier molecular flexibility index (Phi) is 7.02. The summed E-state index contributed by atoms with van der Waals surface area (Å²) in [5, 5.41) is 1.07. The van der Waals surface area contributed by atoms with Crippen LogP contribution in [0.3, 0.4) is 0 Å². The van der Waals surface area contributed by atoms with Crippen LogP contribution in [0.4, 0.5) is 0 Å². The number of halogens is 1. The molecule has 0 aliphatic heterocycles. The second-order valence-electron chi connectivity index (χ2n) is 6.51. The van der Waals surface area contributed by atoms with Crippen LogP contribution in [0.15, 0.2) is 53.9 Å². The van der Waals surface area contributed by atoms with Crippen molar-refractivity contribution in [2.45, 2.75) is 19.0 Å². The molecule has 0 aliphatic rings. The largest absolute Gasteiger partial charge is 0.496 e. The van der Waals surface area contributed by atoms with Crippen molar-refractivity contribution >= 4 is 35.2 Å². The first-order valence-corrected chi connectivity index (χ1v) is 10.4. The molecule has 0 atom stereocenters. The average molecular weight is 445 g/mol. The van der Waals surface area contributed by atoms with Gasteiger partial charge in [-0.05, 0) is 49.2 Å². The molecule has 1 heterocycles. The summed E-state index contributed by atoms with van der Waals surface area (Å²) in [4.78, 5) is 28.9. The molecule has 0 bridgehead atoms. The van der Waals surface area contributed by atoms with E-state index in [4.69, 9.17) is 16.3 Å². The molecule has 9 heteroatoms. The van der Waals surface area contributed by atoms with Gasteiger partial charge in [-0.15, -0.1) is 0 Å². The van der Waals surface area contributed by atoms with Gasteiger partial charge in [-0.3, -0.25) is 25.0 Å². The molecule has 30 heavy (non-hydrogen) atoms. The molecule has 2 aromatic carbocycles. The summed E-state index contributed by atoms with van der Waals surface area (Å²) in [6.45, 7) is 4.05. The first kappa shape index (κ1) is 21.7. The van der Waals surface area contributed by atoms with Gasteiger partial charge in [-0.1, -0.05) is 35.5 Å². The summed E-state index contributed by atoms with van der Waals surface area (Å²) < 4.78 is 7.09. The predicted octanol–water partition coefficient (Wildman–Crippen LogP) is 3.70. The van der Waals surface area contributed by atoms with Crippen LogP contribution in [0.25, 0.3) is 5.69 Å². The highest BCUT2D eigenvalue weighted by molar-refractivity contribution is 7.99. The molecule has 7 nitrogen and oxygen atoms in total. The van der Waals surface area contributed by atoms with Gasteiger partial charge in [0.1, 0.15) is 5.75 Å². The molecule has 0 saturated carbocycles. The van der Waals surface area contributed by atoms with Gasteiger partial charge in [0.05, 0.1) is 24.1 Å². The van der Waals surface area contributed by atoms with Gasteiger partial charge < -0.3 is 4.74 Å². The number of imidazole rings is 1. The molecule has 2 N–H and O–H groups in total. The maximum Gasteiger partial charge on any atom is 0.273 e. The van der Waals surface area contributed by atoms with Gasteiger partial charge in [0.15, 0.2) is 5.16 Å². The second-order valence-corrected chi connectivity index (χ2v) is 7.88. The van der Waals surface area contributed by atoms with Gasteiger partial charge in [-0.25, -0.2) is 4.98 Å². The van der Waals surface area contributed by atoms with Crippen molar-refractivity contribution in [3.05, 3.63) is 70.5 Å². The maximum absolute atomic E-state index is 12.3. The molecule has 0 radical (unpaired) electrons. The second kappa shape index (κ2) is 9.69. The number of ether oxygens (including phenoxy) is 1. The fourth-order valence-corrected chi connectivity index (χ4v) is 3.71. The van der Waals surface area contributed by atoms with Crippen LogP contribution in [0.2, 0.25) is 5.02 Å². The Labute approximate surface area is 183 Å². The third-order valence-corrected chi connectivity index (χ3v) is 5.49. The van der Waals surface area contributed by atoms with Gasteiger partial charge in [0.2, 0.25) is 5.91 Å². The highest BCUT2D eigenvalue weighted by Crippen LogP contribution is 2.24. The average Bonchev–Trinajstić information content (AvgIpc) is 3.20. The van der Waals surface area contributed by atoms with E-state index >= 15 is 0 Å². The lowest BCUT2D eigenvalue weighted by molar-refractivity contribution is -0.119. The summed E-state index contributed by atoms with van der Waals surface area (Å²) in [5.74, 6) is -0.458. The SMILES string of the molecule is COc1ccc(Cl)cc1C(=O)NNC(=O)CSc1nccn1-c1cc(C)ccc1C. The summed E-state index contributed by atoms with van der Waals surface area (Å²) in [7, 11) is 1.45. The molecule has 0 saturated heterocycles. The molecule has 3 aromatic rings. The Bertz CT molecular complexity index is 1080. The van der Waals surface area contributed by atoms with Crippen LogP contribution >= 0.6 is 23.4 Å². The number of benzene rings is 2. The lowest BCUT2D eigenvalue weighted by atomic mass is 10.1. The van der Waals surface area contributed by atoms with Crippen LogP contribution in [0.5, 0.6) is 5.75 Å². The molecule has 2 amide bonds. The van der Waals surface area contributed by atoms with Crippen LogP contribution in [-0.4, -0.2) is 34.2 Å². The number of thioether (sulfide) groups is 1. The Morgan fingerprint density at radius 2 is 1.97 bits per heavy atom. The Morgan fingerprint density at radius 3 is 2.73 bits per heavy atom. The monoisotopic (exact) mass is 444 g/mol. The zero-order valence-corrected chi connectivity index (χ0v) is 18.3. The number of aromatic nitrogens is 2. The van der Waals surface area contributed by atoms with Crippen LogP contribution in [0, 0.1) is 13.8 Å². The number of rotatable bonds is 6. The van der Waals surface area contributed by atoms with E-state index < -0.39 is 5.91 Å². The number of carbonyl (C=O) groups excluding carboxylic acids is 2. The van der Waals surface area contributed by atoms with Crippen molar-refractivity contribution < 1.29 is 14.3 Å². The van der Waals surface area contributed by atoms with Crippen molar-refractivity contribution in [3.8, 4) is 11.4 Å². The van der Waals surface area contributed by atoms with E-state index in [9.17, 15) is 9.59 Å². The predicted molar refractivity (Wildman–Crippen MR) is 117 cm³/mol. The number of methoxy groups -OCH3 is 1. The third kappa shape index (κ3) is 5.14. The lowest BCUT2D eigenvalue weighted by Crippen LogP contribution is -2.42. The smallest absolute Gasteiger partial charge is 0.273 e. The maximum atomic E-state index is 12.3. The number of hydrogen-bond acceptors (Lipinski definition) is 5. The highest BCUT2D eigenvalue weighted by Gasteiger charge is 2.15. The molecule has 0 fully saturated rings. The zero-order valence-electron chi connectivity index (χ0n) is 16.7. The summed E-state index contributed by atoms with van der Waals surface area (Å²) >= 11 is 7.21. The van der Waals surface area contributed by atoms with Crippen molar-refractivity contribution in [1.82, 2.24) is 20.4 Å². The van der Waals surface area contributed by atoms with Crippen molar-refractivity contribution in [2.24, 2.45) is 0 Å². The summed E-state index contributed by atoms with van der Waals surface area (Å²) in [6, 6.07) is 10.8. The quantitative estimate of drug-likeness (QED) is 0.447. The van der Waals surface area contributed by atoms with E-state index in [0.717, 1.165) is 16.8 Å². The summed E-state index contributed by atoms with van der Waals surface area (Å²) in [5.41, 5.74) is 8.25. The van der Waals surface area contributed by atoms with Gasteiger partial charge >= 0.3 is 0 Å². The van der Waals surface area contributed by atoms with Crippen LogP contribution in [0.1, 0.15) is 21.5 Å². The third-order valence-electron chi connectivity index (χ3n) is 4.28. The van der Waals surface area contributed by atoms with Crippen molar-refractivity contribution in [3.63, 3.8) is 0 Å². The summed E-state index contributed by atoms with van der Waals surface area (Å²) in [6.07, 6.45) is 3.55. The zero-order chi connectivity index (χ0) is 21.7. The number of nitrogens with zero attached hydrogens (tertiary/aromatic N) is 2. The molecule has 0 spiro atoms. The van der Waals surface area contributed by atoms with E-state index in [2.05, 4.69) is 21.9 Å². The fourth-order valence-electron chi connectivity index (χ4n) is 2.78. The highest BCUT2D eigenvalue weighted by atomic mass is 35.5.